The van der Waals surface area contributed by atoms with E-state index in [1.807, 2.05) is 0 Å². The van der Waals surface area contributed by atoms with E-state index in [0.29, 0.717) is 0 Å². The van der Waals surface area contributed by atoms with E-state index < -0.39 is 0 Å². The molecule has 1 atom stereocenters. The lowest BCUT2D eigenvalue weighted by molar-refractivity contribution is 0.297. The average molecular weight is 247 g/mol. The first kappa shape index (κ1) is 13.4. The highest BCUT2D eigenvalue weighted by Gasteiger charge is 2.22. The van der Waals surface area contributed by atoms with Crippen LogP contribution in [0.3, 0.4) is 0 Å². The van der Waals surface area contributed by atoms with E-state index in [4.69, 9.17) is 10.5 Å². The Morgan fingerprint density at radius 2 is 2.00 bits per heavy atom. The first-order valence-corrected chi connectivity index (χ1v) is 7.09. The summed E-state index contributed by atoms with van der Waals surface area (Å²) in [6.07, 6.45) is 4.66. The molecule has 0 bridgehead atoms. The molecule has 2 heteroatoms. The van der Waals surface area contributed by atoms with Crippen LogP contribution in [-0.2, 0) is 6.42 Å². The molecule has 0 spiro atoms. The van der Waals surface area contributed by atoms with Crippen LogP contribution in [0.5, 0.6) is 5.75 Å². The van der Waals surface area contributed by atoms with Gasteiger partial charge in [-0.15, -0.1) is 0 Å². The van der Waals surface area contributed by atoms with Crippen molar-refractivity contribution in [2.24, 2.45) is 11.7 Å². The van der Waals surface area contributed by atoms with Crippen molar-refractivity contribution in [3.05, 3.63) is 28.8 Å². The van der Waals surface area contributed by atoms with Crippen molar-refractivity contribution in [1.29, 1.82) is 0 Å². The molecule has 1 saturated carbocycles. The van der Waals surface area contributed by atoms with Crippen LogP contribution in [0.4, 0.5) is 0 Å². The minimum absolute atomic E-state index is 0.265. The molecule has 0 saturated heterocycles. The Morgan fingerprint density at radius 3 is 2.61 bits per heavy atom. The van der Waals surface area contributed by atoms with Gasteiger partial charge < -0.3 is 10.5 Å². The Balaban J connectivity index is 2.07. The van der Waals surface area contributed by atoms with Gasteiger partial charge in [-0.3, -0.25) is 0 Å². The summed E-state index contributed by atoms with van der Waals surface area (Å²) in [6.45, 7) is 7.35. The topological polar surface area (TPSA) is 35.2 Å². The molecule has 0 heterocycles. The highest BCUT2D eigenvalue weighted by Crippen LogP contribution is 2.31. The first-order chi connectivity index (χ1) is 8.61. The van der Waals surface area contributed by atoms with Crippen LogP contribution in [-0.4, -0.2) is 12.6 Å². The van der Waals surface area contributed by atoms with E-state index >= 15 is 0 Å². The Kier molecular flexibility index (Phi) is 4.28. The number of ether oxygens (including phenoxy) is 1. The zero-order chi connectivity index (χ0) is 13.1. The third-order valence-corrected chi connectivity index (χ3v) is 4.03. The fraction of sp³-hybridized carbons (Fsp3) is 0.625. The maximum absolute atomic E-state index is 6.04. The minimum Gasteiger partial charge on any atom is -0.493 e. The molecular weight excluding hydrogens is 222 g/mol. The summed E-state index contributed by atoms with van der Waals surface area (Å²) in [4.78, 5) is 0. The minimum atomic E-state index is 0.265. The summed E-state index contributed by atoms with van der Waals surface area (Å²) < 4.78 is 5.90. The first-order valence-electron chi connectivity index (χ1n) is 7.09. The predicted molar refractivity (Wildman–Crippen MR) is 76.1 cm³/mol. The summed E-state index contributed by atoms with van der Waals surface area (Å²) in [5.41, 5.74) is 10.0. The van der Waals surface area contributed by atoms with Gasteiger partial charge in [-0.2, -0.15) is 0 Å². The van der Waals surface area contributed by atoms with Crippen LogP contribution in [0, 0.1) is 19.8 Å². The molecule has 0 aromatic heterocycles. The van der Waals surface area contributed by atoms with E-state index in [0.717, 1.165) is 31.1 Å². The van der Waals surface area contributed by atoms with Crippen molar-refractivity contribution in [2.45, 2.75) is 52.5 Å². The standard InChI is InChI=1S/C16H25NO/c1-4-15(17)9-14-7-8-16(12(3)11(14)2)18-10-13-5-6-13/h7-8,13,15H,4-6,9-10,17H2,1-3H3. The van der Waals surface area contributed by atoms with Crippen LogP contribution >= 0.6 is 0 Å². The van der Waals surface area contributed by atoms with Crippen LogP contribution in [0.1, 0.15) is 42.9 Å². The summed E-state index contributed by atoms with van der Waals surface area (Å²) in [6, 6.07) is 4.56. The SMILES string of the molecule is CCC(N)Cc1ccc(OCC2CC2)c(C)c1C. The molecule has 1 aliphatic carbocycles. The van der Waals surface area contributed by atoms with Crippen molar-refractivity contribution in [2.75, 3.05) is 6.61 Å². The van der Waals surface area contributed by atoms with Crippen molar-refractivity contribution >= 4 is 0 Å². The second-order valence-electron chi connectivity index (χ2n) is 5.60. The zero-order valence-electron chi connectivity index (χ0n) is 11.8. The summed E-state index contributed by atoms with van der Waals surface area (Å²) in [5, 5.41) is 0. The van der Waals surface area contributed by atoms with E-state index in [9.17, 15) is 0 Å². The predicted octanol–water partition coefficient (Wildman–Crippen LogP) is 3.37. The van der Waals surface area contributed by atoms with Gasteiger partial charge in [0.2, 0.25) is 0 Å². The molecule has 1 unspecified atom stereocenters. The maximum Gasteiger partial charge on any atom is 0.122 e. The van der Waals surface area contributed by atoms with Gasteiger partial charge in [0.15, 0.2) is 0 Å². The fourth-order valence-electron chi connectivity index (χ4n) is 2.15. The lowest BCUT2D eigenvalue weighted by atomic mass is 9.96. The van der Waals surface area contributed by atoms with Gasteiger partial charge in [0.05, 0.1) is 6.61 Å². The number of rotatable bonds is 6. The van der Waals surface area contributed by atoms with Gasteiger partial charge in [-0.1, -0.05) is 13.0 Å². The molecule has 0 radical (unpaired) electrons. The monoisotopic (exact) mass is 247 g/mol. The molecule has 2 N–H and O–H groups in total. The largest absolute Gasteiger partial charge is 0.493 e. The number of hydrogen-bond donors (Lipinski definition) is 1. The number of nitrogens with two attached hydrogens (primary N) is 1. The second-order valence-corrected chi connectivity index (χ2v) is 5.60. The molecule has 1 aliphatic rings. The number of hydrogen-bond acceptors (Lipinski definition) is 2. The molecule has 1 fully saturated rings. The molecular formula is C16H25NO. The van der Waals surface area contributed by atoms with Crippen molar-refractivity contribution in [3.8, 4) is 5.75 Å². The van der Waals surface area contributed by atoms with E-state index in [1.165, 1.54) is 29.5 Å². The van der Waals surface area contributed by atoms with Gasteiger partial charge in [-0.05, 0) is 68.2 Å². The van der Waals surface area contributed by atoms with Crippen LogP contribution < -0.4 is 10.5 Å². The second kappa shape index (κ2) is 5.75. The van der Waals surface area contributed by atoms with Crippen molar-refractivity contribution in [3.63, 3.8) is 0 Å². The highest BCUT2D eigenvalue weighted by atomic mass is 16.5. The Hall–Kier alpha value is -1.02. The normalized spacial score (nSPS) is 16.7. The van der Waals surface area contributed by atoms with Gasteiger partial charge in [-0.25, -0.2) is 0 Å². The van der Waals surface area contributed by atoms with Crippen LogP contribution in [0.25, 0.3) is 0 Å². The lowest BCUT2D eigenvalue weighted by Crippen LogP contribution is -2.22. The van der Waals surface area contributed by atoms with Gasteiger partial charge in [0, 0.05) is 6.04 Å². The van der Waals surface area contributed by atoms with Crippen LogP contribution in [0.2, 0.25) is 0 Å². The zero-order valence-corrected chi connectivity index (χ0v) is 11.8. The summed E-state index contributed by atoms with van der Waals surface area (Å²) >= 11 is 0. The van der Waals surface area contributed by atoms with Crippen LogP contribution in [0.15, 0.2) is 12.1 Å². The lowest BCUT2D eigenvalue weighted by Gasteiger charge is -2.16. The molecule has 100 valence electrons. The fourth-order valence-corrected chi connectivity index (χ4v) is 2.15. The van der Waals surface area contributed by atoms with Crippen molar-refractivity contribution in [1.82, 2.24) is 0 Å². The smallest absolute Gasteiger partial charge is 0.122 e. The van der Waals surface area contributed by atoms with Gasteiger partial charge >= 0.3 is 0 Å². The van der Waals surface area contributed by atoms with Crippen molar-refractivity contribution < 1.29 is 4.74 Å². The summed E-state index contributed by atoms with van der Waals surface area (Å²) in [5.74, 6) is 1.85. The van der Waals surface area contributed by atoms with Gasteiger partial charge in [0.1, 0.15) is 5.75 Å². The quantitative estimate of drug-likeness (QED) is 0.836. The van der Waals surface area contributed by atoms with E-state index in [1.54, 1.807) is 0 Å². The summed E-state index contributed by atoms with van der Waals surface area (Å²) in [7, 11) is 0. The molecule has 18 heavy (non-hydrogen) atoms. The Morgan fingerprint density at radius 1 is 1.28 bits per heavy atom. The maximum atomic E-state index is 6.04. The third-order valence-electron chi connectivity index (χ3n) is 4.03. The number of benzene rings is 1. The molecule has 0 aliphatic heterocycles. The molecule has 2 rings (SSSR count). The van der Waals surface area contributed by atoms with Gasteiger partial charge in [0.25, 0.3) is 0 Å². The average Bonchev–Trinajstić information content (AvgIpc) is 3.18. The Bertz CT molecular complexity index is 410. The molecule has 1 aromatic rings. The molecule has 2 nitrogen and oxygen atoms in total. The Labute approximate surface area is 111 Å². The molecule has 1 aromatic carbocycles. The highest BCUT2D eigenvalue weighted by molar-refractivity contribution is 5.43. The van der Waals surface area contributed by atoms with E-state index in [-0.39, 0.29) is 6.04 Å². The molecule has 0 amide bonds. The third kappa shape index (κ3) is 3.26. The van der Waals surface area contributed by atoms with E-state index in [2.05, 4.69) is 32.9 Å².